The fraction of sp³-hybridized carbons (Fsp3) is 0.692. The number of rotatable bonds is 7. The molecule has 0 aliphatic heterocycles. The summed E-state index contributed by atoms with van der Waals surface area (Å²) < 4.78 is 11.3. The van der Waals surface area contributed by atoms with Crippen LogP contribution in [0.4, 0.5) is 11.6 Å². The van der Waals surface area contributed by atoms with Crippen molar-refractivity contribution in [2.45, 2.75) is 45.3 Å². The number of hydrazine groups is 1. The van der Waals surface area contributed by atoms with Crippen LogP contribution in [-0.2, 0) is 10.8 Å². The molecule has 1 rings (SSSR count). The van der Waals surface area contributed by atoms with Crippen molar-refractivity contribution in [2.75, 3.05) is 23.5 Å². The van der Waals surface area contributed by atoms with Gasteiger partial charge in [0.05, 0.1) is 0 Å². The lowest BCUT2D eigenvalue weighted by Gasteiger charge is -2.16. The lowest BCUT2D eigenvalue weighted by atomic mass is 10.2. The predicted octanol–water partition coefficient (Wildman–Crippen LogP) is 1.76. The van der Waals surface area contributed by atoms with Gasteiger partial charge in [-0.15, -0.1) is 0 Å². The van der Waals surface area contributed by atoms with Crippen molar-refractivity contribution in [1.29, 1.82) is 0 Å². The molecular weight excluding hydrogens is 274 g/mol. The van der Waals surface area contributed by atoms with Crippen LogP contribution in [0.1, 0.15) is 44.5 Å². The Bertz CT molecular complexity index is 478. The molecule has 7 heteroatoms. The summed E-state index contributed by atoms with van der Waals surface area (Å²) in [4.78, 5) is 8.91. The fourth-order valence-electron chi connectivity index (χ4n) is 1.66. The molecule has 4 N–H and O–H groups in total. The predicted molar refractivity (Wildman–Crippen MR) is 85.3 cm³/mol. The van der Waals surface area contributed by atoms with E-state index in [1.165, 1.54) is 0 Å². The van der Waals surface area contributed by atoms with Gasteiger partial charge in [0.1, 0.15) is 17.5 Å². The van der Waals surface area contributed by atoms with Crippen molar-refractivity contribution in [2.24, 2.45) is 5.84 Å². The van der Waals surface area contributed by atoms with E-state index >= 15 is 0 Å². The monoisotopic (exact) mass is 299 g/mol. The summed E-state index contributed by atoms with van der Waals surface area (Å²) in [5, 5.41) is 3.46. The van der Waals surface area contributed by atoms with Crippen LogP contribution in [0.25, 0.3) is 0 Å². The van der Waals surface area contributed by atoms with Gasteiger partial charge < -0.3 is 10.7 Å². The minimum atomic E-state index is -0.796. The Labute approximate surface area is 123 Å². The van der Waals surface area contributed by atoms with Gasteiger partial charge >= 0.3 is 0 Å². The first-order valence-electron chi connectivity index (χ1n) is 6.78. The highest BCUT2D eigenvalue weighted by Crippen LogP contribution is 2.22. The molecule has 0 radical (unpaired) electrons. The minimum Gasteiger partial charge on any atom is -0.370 e. The molecule has 0 fully saturated rings. The van der Waals surface area contributed by atoms with Crippen molar-refractivity contribution in [3.05, 3.63) is 11.4 Å². The highest BCUT2D eigenvalue weighted by Gasteiger charge is 2.13. The van der Waals surface area contributed by atoms with Gasteiger partial charge in [-0.05, 0) is 13.3 Å². The molecular formula is C13H25N5OS. The zero-order chi connectivity index (χ0) is 15.3. The number of hydrogen-bond donors (Lipinski definition) is 3. The molecule has 0 aromatic carbocycles. The molecule has 114 valence electrons. The fourth-order valence-corrected chi connectivity index (χ4v) is 2.11. The molecule has 0 spiro atoms. The third-order valence-electron chi connectivity index (χ3n) is 3.23. The SMILES string of the molecule is Cc1c(NN)nc(C(C)C)nc1NCCC(C)S(C)=O. The number of nitrogen functional groups attached to an aromatic ring is 1. The summed E-state index contributed by atoms with van der Waals surface area (Å²) in [7, 11) is -0.796. The van der Waals surface area contributed by atoms with Crippen LogP contribution < -0.4 is 16.6 Å². The lowest BCUT2D eigenvalue weighted by molar-refractivity contribution is 0.672. The van der Waals surface area contributed by atoms with Gasteiger partial charge in [-0.3, -0.25) is 4.21 Å². The number of anilines is 2. The van der Waals surface area contributed by atoms with E-state index in [0.29, 0.717) is 5.82 Å². The van der Waals surface area contributed by atoms with Gasteiger partial charge in [0.2, 0.25) is 0 Å². The van der Waals surface area contributed by atoms with Gasteiger partial charge in [-0.25, -0.2) is 15.8 Å². The second-order valence-corrected chi connectivity index (χ2v) is 7.03. The zero-order valence-corrected chi connectivity index (χ0v) is 13.7. The van der Waals surface area contributed by atoms with Crippen molar-refractivity contribution in [3.63, 3.8) is 0 Å². The Balaban J connectivity index is 2.83. The van der Waals surface area contributed by atoms with Crippen molar-refractivity contribution in [3.8, 4) is 0 Å². The smallest absolute Gasteiger partial charge is 0.148 e. The summed E-state index contributed by atoms with van der Waals surface area (Å²) in [6, 6.07) is 0. The summed E-state index contributed by atoms with van der Waals surface area (Å²) in [5.74, 6) is 7.89. The van der Waals surface area contributed by atoms with Gasteiger partial charge in [-0.2, -0.15) is 0 Å². The van der Waals surface area contributed by atoms with Gasteiger partial charge in [-0.1, -0.05) is 20.8 Å². The van der Waals surface area contributed by atoms with Crippen LogP contribution in [0.5, 0.6) is 0 Å². The molecule has 1 aromatic heterocycles. The van der Waals surface area contributed by atoms with E-state index in [2.05, 4.69) is 20.7 Å². The van der Waals surface area contributed by atoms with Crippen molar-refractivity contribution < 1.29 is 4.21 Å². The first-order valence-corrected chi connectivity index (χ1v) is 8.40. The maximum atomic E-state index is 11.3. The number of hydrogen-bond acceptors (Lipinski definition) is 6. The first kappa shape index (κ1) is 16.8. The van der Waals surface area contributed by atoms with Crippen LogP contribution in [0.3, 0.4) is 0 Å². The van der Waals surface area contributed by atoms with Gasteiger partial charge in [0.15, 0.2) is 0 Å². The van der Waals surface area contributed by atoms with E-state index in [1.807, 2.05) is 27.7 Å². The summed E-state index contributed by atoms with van der Waals surface area (Å²) >= 11 is 0. The number of nitrogens with zero attached hydrogens (tertiary/aromatic N) is 2. The molecule has 0 aliphatic rings. The standard InChI is InChI=1S/C13H25N5OS/c1-8(2)11-16-12(10(4)13(17-11)18-14)15-7-6-9(3)20(5)19/h8-9H,6-7,14H2,1-5H3,(H2,15,16,17,18). The second kappa shape index (κ2) is 7.54. The summed E-state index contributed by atoms with van der Waals surface area (Å²) in [6.45, 7) is 8.70. The normalized spacial score (nSPS) is 14.2. The number of nitrogens with two attached hydrogens (primary N) is 1. The quantitative estimate of drug-likeness (QED) is 0.525. The molecule has 2 atom stereocenters. The van der Waals surface area contributed by atoms with Crippen LogP contribution in [0.15, 0.2) is 0 Å². The third kappa shape index (κ3) is 4.42. The topological polar surface area (TPSA) is 92.9 Å². The molecule has 0 aliphatic carbocycles. The molecule has 0 amide bonds. The largest absolute Gasteiger partial charge is 0.370 e. The van der Waals surface area contributed by atoms with E-state index in [1.54, 1.807) is 6.26 Å². The number of aromatic nitrogens is 2. The highest BCUT2D eigenvalue weighted by atomic mass is 32.2. The van der Waals surface area contributed by atoms with E-state index in [9.17, 15) is 4.21 Å². The van der Waals surface area contributed by atoms with Crippen LogP contribution in [0, 0.1) is 6.92 Å². The van der Waals surface area contributed by atoms with Gasteiger partial charge in [0.25, 0.3) is 0 Å². The Hall–Kier alpha value is -1.21. The van der Waals surface area contributed by atoms with Crippen molar-refractivity contribution >= 4 is 22.4 Å². The van der Waals surface area contributed by atoms with Crippen LogP contribution in [0.2, 0.25) is 0 Å². The molecule has 1 heterocycles. The van der Waals surface area contributed by atoms with E-state index in [4.69, 9.17) is 5.84 Å². The molecule has 20 heavy (non-hydrogen) atoms. The van der Waals surface area contributed by atoms with E-state index in [0.717, 1.165) is 30.2 Å². The van der Waals surface area contributed by atoms with E-state index < -0.39 is 10.8 Å². The lowest BCUT2D eigenvalue weighted by Crippen LogP contribution is -2.18. The van der Waals surface area contributed by atoms with Crippen LogP contribution in [-0.4, -0.2) is 32.2 Å². The maximum absolute atomic E-state index is 11.3. The van der Waals surface area contributed by atoms with E-state index in [-0.39, 0.29) is 11.2 Å². The average molecular weight is 299 g/mol. The minimum absolute atomic E-state index is 0.168. The van der Waals surface area contributed by atoms with Crippen molar-refractivity contribution in [1.82, 2.24) is 9.97 Å². The molecule has 0 saturated carbocycles. The highest BCUT2D eigenvalue weighted by molar-refractivity contribution is 7.84. The molecule has 0 bridgehead atoms. The maximum Gasteiger partial charge on any atom is 0.148 e. The molecule has 1 aromatic rings. The third-order valence-corrected chi connectivity index (χ3v) is 4.60. The Morgan fingerprint density at radius 3 is 2.35 bits per heavy atom. The Morgan fingerprint density at radius 1 is 1.25 bits per heavy atom. The molecule has 6 nitrogen and oxygen atoms in total. The van der Waals surface area contributed by atoms with Crippen LogP contribution >= 0.6 is 0 Å². The zero-order valence-electron chi connectivity index (χ0n) is 12.9. The summed E-state index contributed by atoms with van der Waals surface area (Å²) in [6.07, 6.45) is 2.56. The Morgan fingerprint density at radius 2 is 1.85 bits per heavy atom. The summed E-state index contributed by atoms with van der Waals surface area (Å²) in [5.41, 5.74) is 3.50. The van der Waals surface area contributed by atoms with Gasteiger partial charge in [0, 0.05) is 40.3 Å². The average Bonchev–Trinajstić information content (AvgIpc) is 2.39. The Kier molecular flexibility index (Phi) is 6.35. The number of nitrogens with one attached hydrogen (secondary N) is 2. The molecule has 0 saturated heterocycles. The first-order chi connectivity index (χ1) is 9.36. The second-order valence-electron chi connectivity index (χ2n) is 5.23. The molecule has 2 unspecified atom stereocenters.